The SMILES string of the molecule is CN1C[C@H](NC(=O)c2ccc(COc3ccc(F)cc3)o2)CCC1=O. The molecule has 0 saturated carbocycles. The lowest BCUT2D eigenvalue weighted by Gasteiger charge is -2.29. The molecule has 2 heterocycles. The van der Waals surface area contributed by atoms with E-state index in [1.165, 1.54) is 24.3 Å². The summed E-state index contributed by atoms with van der Waals surface area (Å²) < 4.78 is 23.8. The van der Waals surface area contributed by atoms with E-state index in [0.29, 0.717) is 30.9 Å². The van der Waals surface area contributed by atoms with Crippen LogP contribution in [0.15, 0.2) is 40.8 Å². The lowest BCUT2D eigenvalue weighted by Crippen LogP contribution is -2.48. The number of nitrogens with zero attached hydrogens (tertiary/aromatic N) is 1. The summed E-state index contributed by atoms with van der Waals surface area (Å²) in [6, 6.07) is 8.81. The van der Waals surface area contributed by atoms with E-state index in [0.717, 1.165) is 0 Å². The summed E-state index contributed by atoms with van der Waals surface area (Å²) in [5.41, 5.74) is 0. The summed E-state index contributed by atoms with van der Waals surface area (Å²) in [7, 11) is 1.72. The first kappa shape index (κ1) is 17.0. The number of hydrogen-bond donors (Lipinski definition) is 1. The van der Waals surface area contributed by atoms with E-state index in [2.05, 4.69) is 5.32 Å². The van der Waals surface area contributed by atoms with Crippen molar-refractivity contribution in [2.75, 3.05) is 13.6 Å². The largest absolute Gasteiger partial charge is 0.486 e. The van der Waals surface area contributed by atoms with E-state index in [9.17, 15) is 14.0 Å². The molecule has 6 nitrogen and oxygen atoms in total. The topological polar surface area (TPSA) is 71.8 Å². The van der Waals surface area contributed by atoms with E-state index in [1.54, 1.807) is 24.1 Å². The number of benzene rings is 1. The molecule has 1 aromatic carbocycles. The third-order valence-corrected chi connectivity index (χ3v) is 4.04. The van der Waals surface area contributed by atoms with Gasteiger partial charge in [0.15, 0.2) is 5.76 Å². The fraction of sp³-hybridized carbons (Fsp3) is 0.333. The Kier molecular flexibility index (Phi) is 5.02. The van der Waals surface area contributed by atoms with Crippen LogP contribution in [0.1, 0.15) is 29.2 Å². The first-order valence-electron chi connectivity index (χ1n) is 8.03. The number of likely N-dealkylation sites (N-methyl/N-ethyl adjacent to an activating group) is 1. The lowest BCUT2D eigenvalue weighted by atomic mass is 10.1. The zero-order valence-corrected chi connectivity index (χ0v) is 13.8. The summed E-state index contributed by atoms with van der Waals surface area (Å²) in [5.74, 6) is 0.630. The van der Waals surface area contributed by atoms with Gasteiger partial charge in [0, 0.05) is 26.1 Å². The van der Waals surface area contributed by atoms with E-state index >= 15 is 0 Å². The standard InChI is InChI=1S/C18H19FN2O4/c1-21-10-13(4-9-17(21)22)20-18(23)16-8-7-15(25-16)11-24-14-5-2-12(19)3-6-14/h2-3,5-8,13H,4,9-11H2,1H3,(H,20,23)/t13-/m1/s1. The number of carbonyl (C=O) groups excluding carboxylic acids is 2. The molecule has 0 spiro atoms. The third kappa shape index (κ3) is 4.37. The Hall–Kier alpha value is -2.83. The molecule has 1 aromatic heterocycles. The highest BCUT2D eigenvalue weighted by molar-refractivity contribution is 5.91. The fourth-order valence-corrected chi connectivity index (χ4v) is 2.65. The quantitative estimate of drug-likeness (QED) is 0.902. The van der Waals surface area contributed by atoms with Gasteiger partial charge in [-0.25, -0.2) is 4.39 Å². The minimum absolute atomic E-state index is 0.0841. The molecule has 0 bridgehead atoms. The van der Waals surface area contributed by atoms with Gasteiger partial charge in [-0.05, 0) is 42.8 Å². The van der Waals surface area contributed by atoms with Gasteiger partial charge in [0.2, 0.25) is 5.91 Å². The Balaban J connectivity index is 1.52. The molecule has 0 unspecified atom stereocenters. The van der Waals surface area contributed by atoms with Crippen molar-refractivity contribution in [3.63, 3.8) is 0 Å². The van der Waals surface area contributed by atoms with Gasteiger partial charge in [-0.15, -0.1) is 0 Å². The molecule has 0 radical (unpaired) electrons. The number of ether oxygens (including phenoxy) is 1. The van der Waals surface area contributed by atoms with Crippen LogP contribution in [0.2, 0.25) is 0 Å². The highest BCUT2D eigenvalue weighted by atomic mass is 19.1. The van der Waals surface area contributed by atoms with Crippen molar-refractivity contribution in [2.24, 2.45) is 0 Å². The third-order valence-electron chi connectivity index (χ3n) is 4.04. The first-order chi connectivity index (χ1) is 12.0. The van der Waals surface area contributed by atoms with Crippen molar-refractivity contribution in [3.05, 3.63) is 53.7 Å². The van der Waals surface area contributed by atoms with Gasteiger partial charge in [0.05, 0.1) is 0 Å². The molecule has 1 N–H and O–H groups in total. The Labute approximate surface area is 144 Å². The Morgan fingerprint density at radius 3 is 2.80 bits per heavy atom. The summed E-state index contributed by atoms with van der Waals surface area (Å²) >= 11 is 0. The van der Waals surface area contributed by atoms with Crippen molar-refractivity contribution in [3.8, 4) is 5.75 Å². The number of carbonyl (C=O) groups is 2. The number of amides is 2. The van der Waals surface area contributed by atoms with Gasteiger partial charge in [0.1, 0.15) is 23.9 Å². The van der Waals surface area contributed by atoms with Crippen LogP contribution in [0, 0.1) is 5.82 Å². The molecule has 1 saturated heterocycles. The van der Waals surface area contributed by atoms with Gasteiger partial charge in [-0.2, -0.15) is 0 Å². The van der Waals surface area contributed by atoms with Gasteiger partial charge in [-0.3, -0.25) is 9.59 Å². The molecule has 1 aliphatic heterocycles. The number of piperidine rings is 1. The minimum atomic E-state index is -0.334. The molecule has 2 aromatic rings. The van der Waals surface area contributed by atoms with Crippen LogP contribution in [-0.4, -0.2) is 36.3 Å². The van der Waals surface area contributed by atoms with Crippen LogP contribution in [-0.2, 0) is 11.4 Å². The monoisotopic (exact) mass is 346 g/mol. The smallest absolute Gasteiger partial charge is 0.287 e. The maximum atomic E-state index is 12.8. The molecule has 1 fully saturated rings. The first-order valence-corrected chi connectivity index (χ1v) is 8.03. The summed E-state index contributed by atoms with van der Waals surface area (Å²) in [6.07, 6.45) is 1.05. The molecule has 7 heteroatoms. The molecular weight excluding hydrogens is 327 g/mol. The maximum Gasteiger partial charge on any atom is 0.287 e. The summed E-state index contributed by atoms with van der Waals surface area (Å²) in [6.45, 7) is 0.630. The number of hydrogen-bond acceptors (Lipinski definition) is 4. The van der Waals surface area contributed by atoms with Crippen molar-refractivity contribution >= 4 is 11.8 Å². The number of likely N-dealkylation sites (tertiary alicyclic amines) is 1. The van der Waals surface area contributed by atoms with Crippen LogP contribution in [0.4, 0.5) is 4.39 Å². The van der Waals surface area contributed by atoms with Crippen LogP contribution in [0.25, 0.3) is 0 Å². The molecule has 25 heavy (non-hydrogen) atoms. The highest BCUT2D eigenvalue weighted by Crippen LogP contribution is 2.16. The second kappa shape index (κ2) is 7.38. The molecule has 3 rings (SSSR count). The second-order valence-electron chi connectivity index (χ2n) is 5.99. The van der Waals surface area contributed by atoms with E-state index < -0.39 is 0 Å². The zero-order valence-electron chi connectivity index (χ0n) is 13.8. The number of nitrogens with one attached hydrogen (secondary N) is 1. The van der Waals surface area contributed by atoms with E-state index in [1.807, 2.05) is 0 Å². The maximum absolute atomic E-state index is 12.8. The number of furan rings is 1. The van der Waals surface area contributed by atoms with Crippen LogP contribution < -0.4 is 10.1 Å². The van der Waals surface area contributed by atoms with E-state index in [-0.39, 0.29) is 36.0 Å². The van der Waals surface area contributed by atoms with Crippen LogP contribution >= 0.6 is 0 Å². The molecule has 132 valence electrons. The lowest BCUT2D eigenvalue weighted by molar-refractivity contribution is -0.132. The summed E-state index contributed by atoms with van der Waals surface area (Å²) in [5, 5.41) is 2.87. The molecular formula is C18H19FN2O4. The fourth-order valence-electron chi connectivity index (χ4n) is 2.65. The number of rotatable bonds is 5. The molecule has 1 aliphatic rings. The van der Waals surface area contributed by atoms with Crippen molar-refractivity contribution in [1.82, 2.24) is 10.2 Å². The van der Waals surface area contributed by atoms with Crippen molar-refractivity contribution < 1.29 is 23.1 Å². The Morgan fingerprint density at radius 1 is 1.32 bits per heavy atom. The second-order valence-corrected chi connectivity index (χ2v) is 5.99. The molecule has 2 amide bonds. The highest BCUT2D eigenvalue weighted by Gasteiger charge is 2.25. The van der Waals surface area contributed by atoms with Crippen LogP contribution in [0.3, 0.4) is 0 Å². The van der Waals surface area contributed by atoms with Gasteiger partial charge in [-0.1, -0.05) is 0 Å². The van der Waals surface area contributed by atoms with Gasteiger partial charge in [0.25, 0.3) is 5.91 Å². The Bertz CT molecular complexity index is 757. The van der Waals surface area contributed by atoms with Crippen LogP contribution in [0.5, 0.6) is 5.75 Å². The van der Waals surface area contributed by atoms with Gasteiger partial charge < -0.3 is 19.4 Å². The average molecular weight is 346 g/mol. The van der Waals surface area contributed by atoms with Crippen molar-refractivity contribution in [1.29, 1.82) is 0 Å². The van der Waals surface area contributed by atoms with E-state index in [4.69, 9.17) is 9.15 Å². The van der Waals surface area contributed by atoms with Crippen molar-refractivity contribution in [2.45, 2.75) is 25.5 Å². The predicted octanol–water partition coefficient (Wildman–Crippen LogP) is 2.35. The summed E-state index contributed by atoms with van der Waals surface area (Å²) in [4.78, 5) is 25.3. The normalized spacial score (nSPS) is 17.4. The minimum Gasteiger partial charge on any atom is -0.486 e. The molecule has 1 atom stereocenters. The zero-order chi connectivity index (χ0) is 17.8. The van der Waals surface area contributed by atoms with Gasteiger partial charge >= 0.3 is 0 Å². The predicted molar refractivity (Wildman–Crippen MR) is 87.6 cm³/mol. The number of halogens is 1. The average Bonchev–Trinajstić information content (AvgIpc) is 3.07. The molecule has 0 aliphatic carbocycles. The Morgan fingerprint density at radius 2 is 2.08 bits per heavy atom.